The third kappa shape index (κ3) is 3.59. The number of aliphatic carboxylic acids is 1. The molecule has 2 N–H and O–H groups in total. The molecule has 0 radical (unpaired) electrons. The average molecular weight is 275 g/mol. The van der Waals surface area contributed by atoms with Gasteiger partial charge in [-0.15, -0.1) is 0 Å². The Kier molecular flexibility index (Phi) is 4.77. The summed E-state index contributed by atoms with van der Waals surface area (Å²) in [5.74, 6) is -0.934. The molecule has 1 aliphatic carbocycles. The number of nitrogens with one attached hydrogen (secondary N) is 1. The number of carbonyl (C=O) groups is 2. The molecule has 0 aliphatic heterocycles. The molecule has 2 rings (SSSR count). The standard InChI is InChI=1S/C16H21NO3/c1-11(9-15(18)19)10-17-16(20)14-8-4-6-12-5-2-3-7-13(12)14/h2-3,5,7,11,14H,4,6,8-10H2,1H3,(H,17,20)(H,18,19). The lowest BCUT2D eigenvalue weighted by atomic mass is 9.82. The van der Waals surface area contributed by atoms with Gasteiger partial charge in [-0.25, -0.2) is 0 Å². The molecule has 0 saturated carbocycles. The molecule has 0 saturated heterocycles. The molecule has 2 atom stereocenters. The molecule has 1 aromatic rings. The number of amides is 1. The molecule has 108 valence electrons. The van der Waals surface area contributed by atoms with Crippen LogP contribution in [-0.2, 0) is 16.0 Å². The molecule has 1 aromatic carbocycles. The quantitative estimate of drug-likeness (QED) is 0.866. The molecule has 0 heterocycles. The van der Waals surface area contributed by atoms with Crippen LogP contribution in [0.4, 0.5) is 0 Å². The van der Waals surface area contributed by atoms with Crippen molar-refractivity contribution in [1.82, 2.24) is 5.32 Å². The van der Waals surface area contributed by atoms with Gasteiger partial charge in [-0.2, -0.15) is 0 Å². The molecule has 1 amide bonds. The minimum absolute atomic E-state index is 0.0226. The second kappa shape index (κ2) is 6.55. The summed E-state index contributed by atoms with van der Waals surface area (Å²) in [7, 11) is 0. The van der Waals surface area contributed by atoms with Gasteiger partial charge in [0.25, 0.3) is 0 Å². The van der Waals surface area contributed by atoms with Gasteiger partial charge in [0.1, 0.15) is 0 Å². The number of carboxylic acids is 1. The van der Waals surface area contributed by atoms with Gasteiger partial charge in [-0.3, -0.25) is 9.59 Å². The molecule has 0 bridgehead atoms. The number of rotatable bonds is 5. The minimum atomic E-state index is -0.824. The van der Waals surface area contributed by atoms with Gasteiger partial charge < -0.3 is 10.4 Å². The van der Waals surface area contributed by atoms with Gasteiger partial charge in [0.05, 0.1) is 5.92 Å². The lowest BCUT2D eigenvalue weighted by Crippen LogP contribution is -2.34. The van der Waals surface area contributed by atoms with Crippen LogP contribution in [0.25, 0.3) is 0 Å². The third-order valence-electron chi connectivity index (χ3n) is 3.83. The predicted molar refractivity (Wildman–Crippen MR) is 76.5 cm³/mol. The third-order valence-corrected chi connectivity index (χ3v) is 3.83. The van der Waals surface area contributed by atoms with Crippen LogP contribution in [0, 0.1) is 5.92 Å². The first-order valence-corrected chi connectivity index (χ1v) is 7.15. The number of carboxylic acid groups (broad SMARTS) is 1. The highest BCUT2D eigenvalue weighted by Gasteiger charge is 2.26. The summed E-state index contributed by atoms with van der Waals surface area (Å²) in [6.45, 7) is 2.26. The lowest BCUT2D eigenvalue weighted by molar-refractivity contribution is -0.138. The molecule has 1 aliphatic rings. The van der Waals surface area contributed by atoms with Crippen LogP contribution < -0.4 is 5.32 Å². The molecule has 0 aromatic heterocycles. The Bertz CT molecular complexity index is 498. The number of hydrogen-bond acceptors (Lipinski definition) is 2. The zero-order valence-corrected chi connectivity index (χ0v) is 11.8. The van der Waals surface area contributed by atoms with E-state index in [0.29, 0.717) is 6.54 Å². The summed E-state index contributed by atoms with van der Waals surface area (Å²) >= 11 is 0. The van der Waals surface area contributed by atoms with E-state index in [1.54, 1.807) is 0 Å². The number of benzene rings is 1. The highest BCUT2D eigenvalue weighted by atomic mass is 16.4. The summed E-state index contributed by atoms with van der Waals surface area (Å²) in [5.41, 5.74) is 2.39. The summed E-state index contributed by atoms with van der Waals surface area (Å²) in [5, 5.41) is 11.6. The molecule has 2 unspecified atom stereocenters. The van der Waals surface area contributed by atoms with Gasteiger partial charge in [-0.1, -0.05) is 31.2 Å². The van der Waals surface area contributed by atoms with Crippen LogP contribution in [0.1, 0.15) is 43.2 Å². The van der Waals surface area contributed by atoms with Crippen molar-refractivity contribution in [2.75, 3.05) is 6.54 Å². The van der Waals surface area contributed by atoms with Crippen LogP contribution >= 0.6 is 0 Å². The summed E-state index contributed by atoms with van der Waals surface area (Å²) in [6.07, 6.45) is 3.02. The molecule has 4 heteroatoms. The second-order valence-electron chi connectivity index (χ2n) is 5.59. The average Bonchev–Trinajstić information content (AvgIpc) is 2.43. The van der Waals surface area contributed by atoms with Crippen molar-refractivity contribution in [3.05, 3.63) is 35.4 Å². The van der Waals surface area contributed by atoms with Crippen molar-refractivity contribution in [3.63, 3.8) is 0 Å². The normalized spacial score (nSPS) is 18.9. The number of carbonyl (C=O) groups excluding carboxylic acids is 1. The maximum atomic E-state index is 12.3. The maximum absolute atomic E-state index is 12.3. The van der Waals surface area contributed by atoms with Crippen LogP contribution in [0.2, 0.25) is 0 Å². The second-order valence-corrected chi connectivity index (χ2v) is 5.59. The van der Waals surface area contributed by atoms with Crippen molar-refractivity contribution >= 4 is 11.9 Å². The Labute approximate surface area is 119 Å². The lowest BCUT2D eigenvalue weighted by Gasteiger charge is -2.25. The van der Waals surface area contributed by atoms with E-state index in [1.165, 1.54) is 5.56 Å². The monoisotopic (exact) mass is 275 g/mol. The molecule has 0 fully saturated rings. The summed E-state index contributed by atoms with van der Waals surface area (Å²) in [6, 6.07) is 8.09. The Morgan fingerprint density at radius 2 is 2.15 bits per heavy atom. The van der Waals surface area contributed by atoms with Crippen LogP contribution in [0.5, 0.6) is 0 Å². The zero-order valence-electron chi connectivity index (χ0n) is 11.8. The maximum Gasteiger partial charge on any atom is 0.303 e. The highest BCUT2D eigenvalue weighted by Crippen LogP contribution is 2.31. The van der Waals surface area contributed by atoms with Crippen molar-refractivity contribution in [2.24, 2.45) is 5.92 Å². The minimum Gasteiger partial charge on any atom is -0.481 e. The fourth-order valence-corrected chi connectivity index (χ4v) is 2.79. The number of hydrogen-bond donors (Lipinski definition) is 2. The molecule has 20 heavy (non-hydrogen) atoms. The van der Waals surface area contributed by atoms with E-state index >= 15 is 0 Å². The number of fused-ring (bicyclic) bond motifs is 1. The first kappa shape index (κ1) is 14.6. The van der Waals surface area contributed by atoms with Gasteiger partial charge in [0.2, 0.25) is 5.91 Å². The highest BCUT2D eigenvalue weighted by molar-refractivity contribution is 5.84. The van der Waals surface area contributed by atoms with E-state index in [1.807, 2.05) is 25.1 Å². The Hall–Kier alpha value is -1.84. The summed E-state index contributed by atoms with van der Waals surface area (Å²) < 4.78 is 0. The van der Waals surface area contributed by atoms with Gasteiger partial charge >= 0.3 is 5.97 Å². The fraction of sp³-hybridized carbons (Fsp3) is 0.500. The SMILES string of the molecule is CC(CNC(=O)C1CCCc2ccccc21)CC(=O)O. The summed E-state index contributed by atoms with van der Waals surface area (Å²) in [4.78, 5) is 22.9. The zero-order chi connectivity index (χ0) is 14.5. The van der Waals surface area contributed by atoms with Crippen molar-refractivity contribution in [2.45, 2.75) is 38.5 Å². The topological polar surface area (TPSA) is 66.4 Å². The smallest absolute Gasteiger partial charge is 0.303 e. The van der Waals surface area contributed by atoms with E-state index in [2.05, 4.69) is 11.4 Å². The Morgan fingerprint density at radius 1 is 1.40 bits per heavy atom. The van der Waals surface area contributed by atoms with Crippen LogP contribution in [0.15, 0.2) is 24.3 Å². The Balaban J connectivity index is 1.95. The van der Waals surface area contributed by atoms with Crippen molar-refractivity contribution in [3.8, 4) is 0 Å². The molecule has 0 spiro atoms. The van der Waals surface area contributed by atoms with E-state index in [-0.39, 0.29) is 24.2 Å². The Morgan fingerprint density at radius 3 is 2.90 bits per heavy atom. The molecular formula is C16H21NO3. The van der Waals surface area contributed by atoms with Crippen LogP contribution in [-0.4, -0.2) is 23.5 Å². The van der Waals surface area contributed by atoms with Gasteiger partial charge in [-0.05, 0) is 36.3 Å². The molecule has 4 nitrogen and oxygen atoms in total. The van der Waals surface area contributed by atoms with E-state index in [9.17, 15) is 9.59 Å². The fourth-order valence-electron chi connectivity index (χ4n) is 2.79. The van der Waals surface area contributed by atoms with Crippen molar-refractivity contribution < 1.29 is 14.7 Å². The number of aryl methyl sites for hydroxylation is 1. The van der Waals surface area contributed by atoms with Gasteiger partial charge in [0.15, 0.2) is 0 Å². The molecular weight excluding hydrogens is 254 g/mol. The first-order chi connectivity index (χ1) is 9.58. The van der Waals surface area contributed by atoms with E-state index < -0.39 is 5.97 Å². The van der Waals surface area contributed by atoms with Crippen molar-refractivity contribution in [1.29, 1.82) is 0 Å². The van der Waals surface area contributed by atoms with Gasteiger partial charge in [0, 0.05) is 13.0 Å². The van der Waals surface area contributed by atoms with Crippen LogP contribution in [0.3, 0.4) is 0 Å². The largest absolute Gasteiger partial charge is 0.481 e. The predicted octanol–water partition coefficient (Wildman–Crippen LogP) is 2.33. The van der Waals surface area contributed by atoms with E-state index in [4.69, 9.17) is 5.11 Å². The first-order valence-electron chi connectivity index (χ1n) is 7.15. The van der Waals surface area contributed by atoms with E-state index in [0.717, 1.165) is 24.8 Å².